The number of halogens is 1. The summed E-state index contributed by atoms with van der Waals surface area (Å²) in [7, 11) is 0. The first kappa shape index (κ1) is 17.5. The maximum atomic E-state index is 12.2. The molecular weight excluding hydrogens is 318 g/mol. The van der Waals surface area contributed by atoms with E-state index in [2.05, 4.69) is 10.3 Å². The molecular formula is C16H20ClN3O3. The first-order valence-corrected chi connectivity index (χ1v) is 7.34. The maximum absolute atomic E-state index is 12.2. The number of nitrogens with zero attached hydrogens (tertiary/aromatic N) is 1. The quantitative estimate of drug-likeness (QED) is 0.894. The number of aromatic nitrogens is 1. The summed E-state index contributed by atoms with van der Waals surface area (Å²) in [5.74, 6) is 0.395. The number of carbonyl (C=O) groups excluding carboxylic acids is 1. The molecule has 0 spiro atoms. The minimum Gasteiger partial charge on any atom is -0.445 e. The molecule has 2 heterocycles. The van der Waals surface area contributed by atoms with Crippen molar-refractivity contribution in [3.05, 3.63) is 36.2 Å². The predicted molar refractivity (Wildman–Crippen MR) is 89.5 cm³/mol. The molecule has 3 rings (SSSR count). The van der Waals surface area contributed by atoms with Crippen LogP contribution < -0.4 is 11.1 Å². The van der Waals surface area contributed by atoms with Crippen molar-refractivity contribution in [3.63, 3.8) is 0 Å². The van der Waals surface area contributed by atoms with Crippen molar-refractivity contribution >= 4 is 24.0 Å². The van der Waals surface area contributed by atoms with Crippen molar-refractivity contribution in [2.24, 2.45) is 5.73 Å². The van der Waals surface area contributed by atoms with Gasteiger partial charge in [0.2, 0.25) is 5.89 Å². The van der Waals surface area contributed by atoms with Gasteiger partial charge in [-0.1, -0.05) is 6.07 Å². The lowest BCUT2D eigenvalue weighted by Gasteiger charge is -2.13. The van der Waals surface area contributed by atoms with E-state index in [9.17, 15) is 4.79 Å². The number of hydrogen-bond donors (Lipinski definition) is 2. The van der Waals surface area contributed by atoms with E-state index >= 15 is 0 Å². The van der Waals surface area contributed by atoms with Gasteiger partial charge in [-0.15, -0.1) is 12.4 Å². The van der Waals surface area contributed by atoms with Crippen LogP contribution in [0.1, 0.15) is 18.4 Å². The summed E-state index contributed by atoms with van der Waals surface area (Å²) in [6.45, 7) is 2.42. The van der Waals surface area contributed by atoms with E-state index in [1.165, 1.54) is 6.26 Å². The zero-order chi connectivity index (χ0) is 15.5. The lowest BCUT2D eigenvalue weighted by molar-refractivity contribution is -0.126. The third kappa shape index (κ3) is 3.90. The van der Waals surface area contributed by atoms with E-state index in [0.29, 0.717) is 24.5 Å². The molecule has 1 aromatic heterocycles. The van der Waals surface area contributed by atoms with Crippen LogP contribution in [-0.4, -0.2) is 29.6 Å². The molecule has 1 fully saturated rings. The molecule has 3 N–H and O–H groups in total. The monoisotopic (exact) mass is 337 g/mol. The Morgan fingerprint density at radius 1 is 1.43 bits per heavy atom. The second-order valence-electron chi connectivity index (χ2n) is 5.42. The van der Waals surface area contributed by atoms with Crippen LogP contribution in [0.15, 0.2) is 35.1 Å². The van der Waals surface area contributed by atoms with Gasteiger partial charge >= 0.3 is 0 Å². The Hall–Kier alpha value is -1.89. The number of anilines is 1. The first-order valence-electron chi connectivity index (χ1n) is 7.34. The second kappa shape index (κ2) is 7.59. The molecule has 1 aliphatic heterocycles. The Balaban J connectivity index is 0.00000192. The summed E-state index contributed by atoms with van der Waals surface area (Å²) in [6.07, 6.45) is 4.20. The van der Waals surface area contributed by atoms with Crippen LogP contribution in [0, 0.1) is 6.92 Å². The highest BCUT2D eigenvalue weighted by Crippen LogP contribution is 2.26. The molecule has 0 bridgehead atoms. The van der Waals surface area contributed by atoms with Gasteiger partial charge in [0.25, 0.3) is 5.91 Å². The van der Waals surface area contributed by atoms with Crippen molar-refractivity contribution < 1.29 is 13.9 Å². The fourth-order valence-corrected chi connectivity index (χ4v) is 2.58. The minimum absolute atomic E-state index is 0. The van der Waals surface area contributed by atoms with Gasteiger partial charge < -0.3 is 20.2 Å². The predicted octanol–water partition coefficient (Wildman–Crippen LogP) is 2.52. The molecule has 2 atom stereocenters. The summed E-state index contributed by atoms with van der Waals surface area (Å²) >= 11 is 0. The zero-order valence-corrected chi connectivity index (χ0v) is 13.6. The highest BCUT2D eigenvalue weighted by molar-refractivity contribution is 5.95. The number of nitrogens with two attached hydrogens (primary N) is 1. The standard InChI is InChI=1S/C16H19N3O3.ClH/c1-10-2-3-11(8-13(10)16-18-6-7-21-16)19-15(20)14-5-4-12(9-17)22-14;/h2-3,6-8,12,14H,4-5,9,17H2,1H3,(H,19,20);1H/t12-,14+;/m1./s1. The van der Waals surface area contributed by atoms with Crippen LogP contribution in [0.25, 0.3) is 11.5 Å². The van der Waals surface area contributed by atoms with Gasteiger partial charge in [0, 0.05) is 17.8 Å². The number of nitrogens with one attached hydrogen (secondary N) is 1. The van der Waals surface area contributed by atoms with E-state index in [1.54, 1.807) is 6.20 Å². The molecule has 7 heteroatoms. The number of rotatable bonds is 4. The smallest absolute Gasteiger partial charge is 0.253 e. The largest absolute Gasteiger partial charge is 0.445 e. The van der Waals surface area contributed by atoms with E-state index in [0.717, 1.165) is 17.5 Å². The summed E-state index contributed by atoms with van der Waals surface area (Å²) in [5.41, 5.74) is 8.15. The van der Waals surface area contributed by atoms with Gasteiger partial charge in [-0.05, 0) is 37.5 Å². The Morgan fingerprint density at radius 2 is 2.26 bits per heavy atom. The third-order valence-corrected chi connectivity index (χ3v) is 3.83. The Bertz CT molecular complexity index is 661. The molecule has 23 heavy (non-hydrogen) atoms. The normalized spacial score (nSPS) is 20.1. The summed E-state index contributed by atoms with van der Waals surface area (Å²) in [6, 6.07) is 5.64. The number of oxazole rings is 1. The maximum Gasteiger partial charge on any atom is 0.253 e. The molecule has 1 amide bonds. The number of aryl methyl sites for hydroxylation is 1. The SMILES string of the molecule is Cc1ccc(NC(=O)[C@@H]2CC[C@H](CN)O2)cc1-c1ncco1.Cl. The van der Waals surface area contributed by atoms with Crippen LogP contribution in [0.2, 0.25) is 0 Å². The number of carbonyl (C=O) groups is 1. The zero-order valence-electron chi connectivity index (χ0n) is 12.8. The van der Waals surface area contributed by atoms with Crippen molar-refractivity contribution in [1.29, 1.82) is 0 Å². The van der Waals surface area contributed by atoms with E-state index < -0.39 is 6.10 Å². The molecule has 124 valence electrons. The molecule has 1 saturated heterocycles. The Morgan fingerprint density at radius 3 is 2.91 bits per heavy atom. The summed E-state index contributed by atoms with van der Waals surface area (Å²) < 4.78 is 10.9. The molecule has 0 aliphatic carbocycles. The third-order valence-electron chi connectivity index (χ3n) is 3.83. The van der Waals surface area contributed by atoms with E-state index in [1.807, 2.05) is 25.1 Å². The number of amides is 1. The first-order chi connectivity index (χ1) is 10.7. The topological polar surface area (TPSA) is 90.4 Å². The molecule has 1 aliphatic rings. The minimum atomic E-state index is -0.431. The molecule has 2 aromatic rings. The molecule has 0 unspecified atom stereocenters. The number of ether oxygens (including phenoxy) is 1. The lowest BCUT2D eigenvalue weighted by Crippen LogP contribution is -2.29. The lowest BCUT2D eigenvalue weighted by atomic mass is 10.1. The van der Waals surface area contributed by atoms with Gasteiger partial charge in [0.1, 0.15) is 12.4 Å². The Kier molecular flexibility index (Phi) is 5.76. The highest BCUT2D eigenvalue weighted by Gasteiger charge is 2.29. The van der Waals surface area contributed by atoms with Gasteiger partial charge in [-0.25, -0.2) is 4.98 Å². The highest BCUT2D eigenvalue weighted by atomic mass is 35.5. The van der Waals surface area contributed by atoms with Crippen molar-refractivity contribution in [2.45, 2.75) is 32.0 Å². The average Bonchev–Trinajstić information content (AvgIpc) is 3.20. The van der Waals surface area contributed by atoms with Crippen LogP contribution in [0.5, 0.6) is 0 Å². The molecule has 1 aromatic carbocycles. The van der Waals surface area contributed by atoms with Gasteiger partial charge in [0.15, 0.2) is 0 Å². The summed E-state index contributed by atoms with van der Waals surface area (Å²) in [5, 5.41) is 2.88. The second-order valence-corrected chi connectivity index (χ2v) is 5.42. The summed E-state index contributed by atoms with van der Waals surface area (Å²) in [4.78, 5) is 16.4. The van der Waals surface area contributed by atoms with Crippen molar-refractivity contribution in [2.75, 3.05) is 11.9 Å². The Labute approximate surface area is 140 Å². The fourth-order valence-electron chi connectivity index (χ4n) is 2.58. The average molecular weight is 338 g/mol. The van der Waals surface area contributed by atoms with Crippen LogP contribution in [0.3, 0.4) is 0 Å². The van der Waals surface area contributed by atoms with Gasteiger partial charge in [-0.3, -0.25) is 4.79 Å². The number of hydrogen-bond acceptors (Lipinski definition) is 5. The van der Waals surface area contributed by atoms with Crippen LogP contribution >= 0.6 is 12.4 Å². The van der Waals surface area contributed by atoms with Gasteiger partial charge in [0.05, 0.1) is 12.3 Å². The molecule has 6 nitrogen and oxygen atoms in total. The van der Waals surface area contributed by atoms with Crippen molar-refractivity contribution in [1.82, 2.24) is 4.98 Å². The van der Waals surface area contributed by atoms with Crippen LogP contribution in [-0.2, 0) is 9.53 Å². The van der Waals surface area contributed by atoms with Crippen LogP contribution in [0.4, 0.5) is 5.69 Å². The van der Waals surface area contributed by atoms with E-state index in [4.69, 9.17) is 14.9 Å². The molecule has 0 radical (unpaired) electrons. The number of benzene rings is 1. The van der Waals surface area contributed by atoms with E-state index in [-0.39, 0.29) is 24.4 Å². The van der Waals surface area contributed by atoms with Crippen molar-refractivity contribution in [3.8, 4) is 11.5 Å². The van der Waals surface area contributed by atoms with Gasteiger partial charge in [-0.2, -0.15) is 0 Å². The molecule has 0 saturated carbocycles. The fraction of sp³-hybridized carbons (Fsp3) is 0.375.